The molecule has 1 heterocycles. The highest BCUT2D eigenvalue weighted by atomic mass is 16.5. The molecule has 1 N–H and O–H groups in total. The van der Waals surface area contributed by atoms with Crippen molar-refractivity contribution in [3.63, 3.8) is 0 Å². The van der Waals surface area contributed by atoms with E-state index in [1.54, 1.807) is 18.5 Å². The molecule has 0 aliphatic carbocycles. The standard InChI is InChI=1S/C19H20N2O2/c1-2-18(16-9-4-3-5-10-16)19(22)21-13-6-7-14-23-17-11-8-12-20-15-17/h3-5,8-12,15,18H,2,13-14H2,1H3,(H,21,22). The first-order valence-corrected chi connectivity index (χ1v) is 7.62. The first-order chi connectivity index (χ1) is 11.3. The zero-order valence-corrected chi connectivity index (χ0v) is 13.2. The highest BCUT2D eigenvalue weighted by Crippen LogP contribution is 2.18. The highest BCUT2D eigenvalue weighted by molar-refractivity contribution is 5.83. The summed E-state index contributed by atoms with van der Waals surface area (Å²) in [4.78, 5) is 16.2. The molecule has 0 aliphatic rings. The van der Waals surface area contributed by atoms with Gasteiger partial charge in [0.2, 0.25) is 5.91 Å². The molecule has 0 saturated heterocycles. The Morgan fingerprint density at radius 2 is 2.04 bits per heavy atom. The number of pyridine rings is 1. The fourth-order valence-electron chi connectivity index (χ4n) is 2.18. The van der Waals surface area contributed by atoms with Gasteiger partial charge in [0.15, 0.2) is 0 Å². The third-order valence-corrected chi connectivity index (χ3v) is 3.35. The van der Waals surface area contributed by atoms with Gasteiger partial charge in [0.25, 0.3) is 0 Å². The van der Waals surface area contributed by atoms with Gasteiger partial charge in [-0.15, -0.1) is 0 Å². The van der Waals surface area contributed by atoms with Gasteiger partial charge in [0, 0.05) is 6.20 Å². The first kappa shape index (κ1) is 16.6. The number of ether oxygens (including phenoxy) is 1. The molecular formula is C19H20N2O2. The van der Waals surface area contributed by atoms with Crippen molar-refractivity contribution in [1.29, 1.82) is 0 Å². The lowest BCUT2D eigenvalue weighted by Gasteiger charge is -2.14. The molecule has 1 aromatic heterocycles. The van der Waals surface area contributed by atoms with E-state index in [1.807, 2.05) is 43.3 Å². The van der Waals surface area contributed by atoms with Gasteiger partial charge >= 0.3 is 0 Å². The van der Waals surface area contributed by atoms with E-state index in [9.17, 15) is 4.79 Å². The highest BCUT2D eigenvalue weighted by Gasteiger charge is 2.17. The summed E-state index contributed by atoms with van der Waals surface area (Å²) in [7, 11) is 0. The summed E-state index contributed by atoms with van der Waals surface area (Å²) in [5.74, 6) is 6.31. The number of benzene rings is 1. The maximum absolute atomic E-state index is 12.2. The second kappa shape index (κ2) is 9.26. The molecule has 0 aliphatic heterocycles. The lowest BCUT2D eigenvalue weighted by molar-refractivity contribution is -0.122. The van der Waals surface area contributed by atoms with E-state index in [-0.39, 0.29) is 18.4 Å². The number of amides is 1. The average Bonchev–Trinajstić information content (AvgIpc) is 2.60. The van der Waals surface area contributed by atoms with Crippen molar-refractivity contribution in [3.8, 4) is 17.6 Å². The van der Waals surface area contributed by atoms with E-state index in [1.165, 1.54) is 0 Å². The minimum absolute atomic E-state index is 0.00109. The molecule has 4 nitrogen and oxygen atoms in total. The number of nitrogens with zero attached hydrogens (tertiary/aromatic N) is 1. The van der Waals surface area contributed by atoms with Gasteiger partial charge < -0.3 is 10.1 Å². The number of aromatic nitrogens is 1. The zero-order valence-electron chi connectivity index (χ0n) is 13.2. The summed E-state index contributed by atoms with van der Waals surface area (Å²) in [6.45, 7) is 2.60. The molecule has 0 radical (unpaired) electrons. The smallest absolute Gasteiger partial charge is 0.228 e. The number of rotatable bonds is 6. The van der Waals surface area contributed by atoms with E-state index in [0.29, 0.717) is 12.3 Å². The second-order valence-corrected chi connectivity index (χ2v) is 4.92. The van der Waals surface area contributed by atoms with Crippen molar-refractivity contribution >= 4 is 5.91 Å². The fraction of sp³-hybridized carbons (Fsp3) is 0.263. The quantitative estimate of drug-likeness (QED) is 0.835. The van der Waals surface area contributed by atoms with Gasteiger partial charge in [0.05, 0.1) is 18.7 Å². The molecule has 1 unspecified atom stereocenters. The largest absolute Gasteiger partial charge is 0.479 e. The molecule has 0 spiro atoms. The van der Waals surface area contributed by atoms with Gasteiger partial charge in [-0.3, -0.25) is 9.78 Å². The molecule has 2 rings (SSSR count). The molecular weight excluding hydrogens is 288 g/mol. The SMILES string of the molecule is CCC(C(=O)NCC#CCOc1cccnc1)c1ccccc1. The molecule has 1 atom stereocenters. The zero-order chi connectivity index (χ0) is 16.3. The van der Waals surface area contributed by atoms with Crippen LogP contribution >= 0.6 is 0 Å². The Morgan fingerprint density at radius 3 is 2.74 bits per heavy atom. The van der Waals surface area contributed by atoms with Gasteiger partial charge in [-0.25, -0.2) is 0 Å². The minimum atomic E-state index is -0.135. The molecule has 1 amide bonds. The molecule has 23 heavy (non-hydrogen) atoms. The van der Waals surface area contributed by atoms with Gasteiger partial charge in [0.1, 0.15) is 12.4 Å². The number of hydrogen-bond acceptors (Lipinski definition) is 3. The summed E-state index contributed by atoms with van der Waals surface area (Å²) in [5, 5.41) is 2.85. The van der Waals surface area contributed by atoms with E-state index in [0.717, 1.165) is 12.0 Å². The molecule has 4 heteroatoms. The van der Waals surface area contributed by atoms with Crippen LogP contribution in [0.4, 0.5) is 0 Å². The Balaban J connectivity index is 1.75. The molecule has 118 valence electrons. The normalized spacial score (nSPS) is 11.0. The maximum atomic E-state index is 12.2. The van der Waals surface area contributed by atoms with Crippen LogP contribution in [-0.4, -0.2) is 24.0 Å². The van der Waals surface area contributed by atoms with E-state index in [2.05, 4.69) is 22.1 Å². The Labute approximate surface area is 136 Å². The van der Waals surface area contributed by atoms with Crippen LogP contribution in [0.2, 0.25) is 0 Å². The monoisotopic (exact) mass is 308 g/mol. The Bertz CT molecular complexity index is 660. The fourth-order valence-corrected chi connectivity index (χ4v) is 2.18. The van der Waals surface area contributed by atoms with Crippen LogP contribution in [-0.2, 0) is 4.79 Å². The van der Waals surface area contributed by atoms with Crippen LogP contribution in [0.1, 0.15) is 24.8 Å². The molecule has 1 aromatic carbocycles. The summed E-state index contributed by atoms with van der Waals surface area (Å²) in [5.41, 5.74) is 1.03. The number of carbonyl (C=O) groups is 1. The third kappa shape index (κ3) is 5.48. The lowest BCUT2D eigenvalue weighted by Crippen LogP contribution is -2.29. The van der Waals surface area contributed by atoms with Crippen molar-refractivity contribution < 1.29 is 9.53 Å². The van der Waals surface area contributed by atoms with E-state index in [4.69, 9.17) is 4.74 Å². The van der Waals surface area contributed by atoms with Crippen LogP contribution in [0.5, 0.6) is 5.75 Å². The minimum Gasteiger partial charge on any atom is -0.479 e. The topological polar surface area (TPSA) is 51.2 Å². The Kier molecular flexibility index (Phi) is 6.67. The van der Waals surface area contributed by atoms with Gasteiger partial charge in [-0.05, 0) is 24.1 Å². The average molecular weight is 308 g/mol. The van der Waals surface area contributed by atoms with Crippen molar-refractivity contribution in [2.45, 2.75) is 19.3 Å². The van der Waals surface area contributed by atoms with Gasteiger partial charge in [-0.2, -0.15) is 0 Å². The molecule has 0 fully saturated rings. The van der Waals surface area contributed by atoms with Crippen LogP contribution in [0.15, 0.2) is 54.9 Å². The summed E-state index contributed by atoms with van der Waals surface area (Å²) < 4.78 is 5.40. The van der Waals surface area contributed by atoms with Crippen molar-refractivity contribution in [2.75, 3.05) is 13.2 Å². The number of nitrogens with one attached hydrogen (secondary N) is 1. The number of carbonyl (C=O) groups excluding carboxylic acids is 1. The second-order valence-electron chi connectivity index (χ2n) is 4.92. The van der Waals surface area contributed by atoms with Crippen LogP contribution in [0.25, 0.3) is 0 Å². The molecule has 0 saturated carbocycles. The van der Waals surface area contributed by atoms with Crippen LogP contribution in [0.3, 0.4) is 0 Å². The third-order valence-electron chi connectivity index (χ3n) is 3.35. The van der Waals surface area contributed by atoms with E-state index >= 15 is 0 Å². The predicted molar refractivity (Wildman–Crippen MR) is 90.0 cm³/mol. The van der Waals surface area contributed by atoms with Crippen molar-refractivity contribution in [2.24, 2.45) is 0 Å². The maximum Gasteiger partial charge on any atom is 0.228 e. The Morgan fingerprint density at radius 1 is 1.22 bits per heavy atom. The summed E-state index contributed by atoms with van der Waals surface area (Å²) in [6, 6.07) is 13.4. The Hall–Kier alpha value is -2.80. The lowest BCUT2D eigenvalue weighted by atomic mass is 9.96. The summed E-state index contributed by atoms with van der Waals surface area (Å²) >= 11 is 0. The number of hydrogen-bond donors (Lipinski definition) is 1. The van der Waals surface area contributed by atoms with Crippen LogP contribution in [0, 0.1) is 11.8 Å². The predicted octanol–water partition coefficient (Wildman–Crippen LogP) is 2.77. The van der Waals surface area contributed by atoms with Crippen molar-refractivity contribution in [1.82, 2.24) is 10.3 Å². The van der Waals surface area contributed by atoms with Gasteiger partial charge in [-0.1, -0.05) is 49.1 Å². The summed E-state index contributed by atoms with van der Waals surface area (Å²) in [6.07, 6.45) is 4.08. The first-order valence-electron chi connectivity index (χ1n) is 7.62. The molecule has 2 aromatic rings. The molecule has 0 bridgehead atoms. The van der Waals surface area contributed by atoms with Crippen molar-refractivity contribution in [3.05, 3.63) is 60.4 Å². The van der Waals surface area contributed by atoms with Crippen LogP contribution < -0.4 is 10.1 Å². The van der Waals surface area contributed by atoms with E-state index < -0.39 is 0 Å².